The fourth-order valence-corrected chi connectivity index (χ4v) is 1.38. The molecule has 5 heteroatoms. The summed E-state index contributed by atoms with van der Waals surface area (Å²) in [7, 11) is 0. The molecular formula is C13H16FNO3. The van der Waals surface area contributed by atoms with Crippen LogP contribution in [-0.4, -0.2) is 24.3 Å². The minimum Gasteiger partial charge on any atom is -0.481 e. The lowest BCUT2D eigenvalue weighted by Gasteiger charge is -2.16. The fraction of sp³-hybridized carbons (Fsp3) is 0.385. The molecule has 1 aromatic carbocycles. The Bertz CT molecular complexity index is 446. The van der Waals surface area contributed by atoms with Crippen molar-refractivity contribution in [1.82, 2.24) is 5.32 Å². The topological polar surface area (TPSA) is 55.4 Å². The van der Waals surface area contributed by atoms with Crippen molar-refractivity contribution < 1.29 is 18.7 Å². The summed E-state index contributed by atoms with van der Waals surface area (Å²) in [5.41, 5.74) is 0.168. The number of carbonyl (C=O) groups excluding carboxylic acids is 2. The Kier molecular flexibility index (Phi) is 4.83. The van der Waals surface area contributed by atoms with E-state index in [9.17, 15) is 14.0 Å². The number of nitrogens with one attached hydrogen (secondary N) is 1. The number of carbonyl (C=O) groups is 2. The van der Waals surface area contributed by atoms with Crippen LogP contribution in [0.25, 0.3) is 0 Å². The fourth-order valence-electron chi connectivity index (χ4n) is 1.38. The summed E-state index contributed by atoms with van der Waals surface area (Å²) in [6.45, 7) is 5.22. The maximum Gasteiger partial charge on any atom is 0.260 e. The third kappa shape index (κ3) is 4.16. The summed E-state index contributed by atoms with van der Waals surface area (Å²) in [6, 6.07) is 3.61. The van der Waals surface area contributed by atoms with Crippen molar-refractivity contribution in [2.45, 2.75) is 32.9 Å². The second kappa shape index (κ2) is 6.14. The molecule has 0 saturated heterocycles. The van der Waals surface area contributed by atoms with Gasteiger partial charge >= 0.3 is 0 Å². The monoisotopic (exact) mass is 253 g/mol. The Labute approximate surface area is 105 Å². The van der Waals surface area contributed by atoms with Crippen molar-refractivity contribution in [3.63, 3.8) is 0 Å². The van der Waals surface area contributed by atoms with Gasteiger partial charge in [-0.15, -0.1) is 0 Å². The average Bonchev–Trinajstić information content (AvgIpc) is 2.27. The van der Waals surface area contributed by atoms with Gasteiger partial charge in [0.25, 0.3) is 5.91 Å². The zero-order valence-corrected chi connectivity index (χ0v) is 10.6. The van der Waals surface area contributed by atoms with E-state index in [1.807, 2.05) is 13.8 Å². The summed E-state index contributed by atoms with van der Waals surface area (Å²) in [5, 5.41) is 2.68. The van der Waals surface area contributed by atoms with Gasteiger partial charge in [0, 0.05) is 17.7 Å². The van der Waals surface area contributed by atoms with Crippen LogP contribution in [0.3, 0.4) is 0 Å². The van der Waals surface area contributed by atoms with Crippen LogP contribution in [0.1, 0.15) is 31.1 Å². The molecule has 0 saturated carbocycles. The van der Waals surface area contributed by atoms with Crippen LogP contribution >= 0.6 is 0 Å². The van der Waals surface area contributed by atoms with Crippen LogP contribution in [0.15, 0.2) is 18.2 Å². The normalized spacial score (nSPS) is 12.1. The quantitative estimate of drug-likeness (QED) is 0.816. The highest BCUT2D eigenvalue weighted by molar-refractivity contribution is 5.81. The van der Waals surface area contributed by atoms with Crippen molar-refractivity contribution in [3.8, 4) is 5.75 Å². The van der Waals surface area contributed by atoms with Crippen molar-refractivity contribution in [3.05, 3.63) is 29.6 Å². The molecule has 1 unspecified atom stereocenters. The molecule has 1 rings (SSSR count). The third-order valence-corrected chi connectivity index (χ3v) is 2.14. The first-order chi connectivity index (χ1) is 8.42. The van der Waals surface area contributed by atoms with Crippen LogP contribution in [0.5, 0.6) is 5.75 Å². The molecule has 1 aromatic rings. The van der Waals surface area contributed by atoms with Gasteiger partial charge < -0.3 is 10.1 Å². The molecule has 0 bridgehead atoms. The smallest absolute Gasteiger partial charge is 0.260 e. The minimum absolute atomic E-state index is 0.00148. The van der Waals surface area contributed by atoms with Crippen molar-refractivity contribution in [2.75, 3.05) is 0 Å². The van der Waals surface area contributed by atoms with Crippen LogP contribution in [0.2, 0.25) is 0 Å². The average molecular weight is 253 g/mol. The summed E-state index contributed by atoms with van der Waals surface area (Å²) in [5.74, 6) is -0.712. The van der Waals surface area contributed by atoms with Crippen molar-refractivity contribution in [1.29, 1.82) is 0 Å². The van der Waals surface area contributed by atoms with Gasteiger partial charge in [0.15, 0.2) is 6.10 Å². The molecule has 1 amide bonds. The van der Waals surface area contributed by atoms with Crippen LogP contribution < -0.4 is 10.1 Å². The van der Waals surface area contributed by atoms with Gasteiger partial charge in [0.2, 0.25) is 0 Å². The molecule has 0 fully saturated rings. The molecule has 0 aliphatic heterocycles. The molecule has 0 aliphatic carbocycles. The van der Waals surface area contributed by atoms with Gasteiger partial charge in [-0.2, -0.15) is 0 Å². The summed E-state index contributed by atoms with van der Waals surface area (Å²) in [4.78, 5) is 22.2. The number of aldehydes is 1. The van der Waals surface area contributed by atoms with Crippen LogP contribution in [0, 0.1) is 5.82 Å². The predicted molar refractivity (Wildman–Crippen MR) is 65.2 cm³/mol. The molecule has 0 heterocycles. The number of hydrogen-bond donors (Lipinski definition) is 1. The van der Waals surface area contributed by atoms with Crippen molar-refractivity contribution >= 4 is 12.2 Å². The zero-order valence-electron chi connectivity index (χ0n) is 10.6. The largest absolute Gasteiger partial charge is 0.481 e. The Morgan fingerprint density at radius 1 is 1.33 bits per heavy atom. The molecule has 1 N–H and O–H groups in total. The molecule has 0 spiro atoms. The van der Waals surface area contributed by atoms with E-state index in [-0.39, 0.29) is 23.3 Å². The molecule has 18 heavy (non-hydrogen) atoms. The number of hydrogen-bond acceptors (Lipinski definition) is 3. The van der Waals surface area contributed by atoms with E-state index in [4.69, 9.17) is 4.74 Å². The second-order valence-corrected chi connectivity index (χ2v) is 4.26. The first kappa shape index (κ1) is 14.2. The maximum atomic E-state index is 13.1. The molecule has 98 valence electrons. The lowest BCUT2D eigenvalue weighted by Crippen LogP contribution is -2.40. The summed E-state index contributed by atoms with van der Waals surface area (Å²) >= 11 is 0. The van der Waals surface area contributed by atoms with E-state index in [0.717, 1.165) is 12.1 Å². The highest BCUT2D eigenvalue weighted by atomic mass is 19.1. The third-order valence-electron chi connectivity index (χ3n) is 2.14. The molecule has 0 aromatic heterocycles. The Morgan fingerprint density at radius 2 is 2.00 bits per heavy atom. The van der Waals surface area contributed by atoms with Gasteiger partial charge in [-0.05, 0) is 32.9 Å². The highest BCUT2D eigenvalue weighted by Gasteiger charge is 2.15. The Morgan fingerprint density at radius 3 is 2.56 bits per heavy atom. The zero-order chi connectivity index (χ0) is 13.7. The van der Waals surface area contributed by atoms with Gasteiger partial charge in [-0.25, -0.2) is 4.39 Å². The maximum absolute atomic E-state index is 13.1. The number of ether oxygens (including phenoxy) is 1. The van der Waals surface area contributed by atoms with Gasteiger partial charge in [-0.3, -0.25) is 9.59 Å². The number of amides is 1. The standard InChI is InChI=1S/C13H16FNO3/c1-8(2)15-13(17)9(3)18-12-5-10(7-16)4-11(14)6-12/h4-9H,1-3H3,(H,15,17). The summed E-state index contributed by atoms with van der Waals surface area (Å²) in [6.07, 6.45) is -0.233. The first-order valence-corrected chi connectivity index (χ1v) is 5.65. The Balaban J connectivity index is 2.75. The molecule has 1 atom stereocenters. The second-order valence-electron chi connectivity index (χ2n) is 4.26. The van der Waals surface area contributed by atoms with Gasteiger partial charge in [0.1, 0.15) is 17.9 Å². The molecular weight excluding hydrogens is 237 g/mol. The van der Waals surface area contributed by atoms with E-state index in [1.165, 1.54) is 6.07 Å². The van der Waals surface area contributed by atoms with E-state index in [2.05, 4.69) is 5.32 Å². The number of halogens is 1. The molecule has 0 radical (unpaired) electrons. The van der Waals surface area contributed by atoms with Gasteiger partial charge in [0.05, 0.1) is 0 Å². The Hall–Kier alpha value is -1.91. The van der Waals surface area contributed by atoms with Crippen LogP contribution in [-0.2, 0) is 4.79 Å². The van der Waals surface area contributed by atoms with E-state index in [0.29, 0.717) is 6.29 Å². The number of rotatable bonds is 5. The van der Waals surface area contributed by atoms with E-state index >= 15 is 0 Å². The van der Waals surface area contributed by atoms with Crippen molar-refractivity contribution in [2.24, 2.45) is 0 Å². The lowest BCUT2D eigenvalue weighted by molar-refractivity contribution is -0.127. The first-order valence-electron chi connectivity index (χ1n) is 5.65. The van der Waals surface area contributed by atoms with E-state index < -0.39 is 11.9 Å². The summed E-state index contributed by atoms with van der Waals surface area (Å²) < 4.78 is 18.4. The highest BCUT2D eigenvalue weighted by Crippen LogP contribution is 2.16. The minimum atomic E-state index is -0.756. The lowest BCUT2D eigenvalue weighted by atomic mass is 10.2. The predicted octanol–water partition coefficient (Wildman–Crippen LogP) is 1.93. The molecule has 4 nitrogen and oxygen atoms in total. The SMILES string of the molecule is CC(C)NC(=O)C(C)Oc1cc(F)cc(C=O)c1. The van der Waals surface area contributed by atoms with Crippen LogP contribution in [0.4, 0.5) is 4.39 Å². The van der Waals surface area contributed by atoms with E-state index in [1.54, 1.807) is 6.92 Å². The number of benzene rings is 1. The van der Waals surface area contributed by atoms with Gasteiger partial charge in [-0.1, -0.05) is 0 Å². The molecule has 0 aliphatic rings.